The van der Waals surface area contributed by atoms with Crippen LogP contribution in [0.25, 0.3) is 0 Å². The van der Waals surface area contributed by atoms with Crippen LogP contribution in [0.4, 0.5) is 0 Å². The molecule has 0 aliphatic carbocycles. The number of hydrazine groups is 1. The molecule has 2 bridgehead atoms. The zero-order valence-electron chi connectivity index (χ0n) is 13.2. The second-order valence-electron chi connectivity index (χ2n) is 7.87. The van der Waals surface area contributed by atoms with Crippen molar-refractivity contribution in [3.05, 3.63) is 0 Å². The van der Waals surface area contributed by atoms with Gasteiger partial charge in [-0.1, -0.05) is 32.1 Å². The molecular weight excluding hydrogens is 254 g/mol. The summed E-state index contributed by atoms with van der Waals surface area (Å²) < 4.78 is 0.103. The van der Waals surface area contributed by atoms with Crippen LogP contribution in [0.5, 0.6) is 0 Å². The number of nitrogens with zero attached hydrogens (tertiary/aromatic N) is 1. The third-order valence-corrected chi connectivity index (χ3v) is 5.69. The van der Waals surface area contributed by atoms with E-state index in [4.69, 9.17) is 11.6 Å². The standard InChI is InChI=1S/C15H30BClN2/c1-13(2,3)19(18-4)12-14-8-5-6-10-15(17,16-14)11-7-9-14/h16,18H,5-12H2,1-4H3. The predicted molar refractivity (Wildman–Crippen MR) is 86.3 cm³/mol. The van der Waals surface area contributed by atoms with E-state index in [1.54, 1.807) is 0 Å². The average Bonchev–Trinajstić information content (AvgIpc) is 2.41. The van der Waals surface area contributed by atoms with Gasteiger partial charge in [-0.25, -0.2) is 5.01 Å². The summed E-state index contributed by atoms with van der Waals surface area (Å²) in [4.78, 5) is 0. The quantitative estimate of drug-likeness (QED) is 0.485. The number of alkyl halides is 1. The van der Waals surface area contributed by atoms with Crippen LogP contribution >= 0.6 is 11.6 Å². The van der Waals surface area contributed by atoms with Gasteiger partial charge in [-0.3, -0.25) is 5.43 Å². The van der Waals surface area contributed by atoms with Crippen LogP contribution in [0.2, 0.25) is 5.31 Å². The van der Waals surface area contributed by atoms with E-state index in [0.717, 1.165) is 6.54 Å². The lowest BCUT2D eigenvalue weighted by atomic mass is 9.39. The number of hydrogen-bond acceptors (Lipinski definition) is 2. The van der Waals surface area contributed by atoms with Gasteiger partial charge in [0.1, 0.15) is 0 Å². The van der Waals surface area contributed by atoms with E-state index in [2.05, 4.69) is 38.3 Å². The van der Waals surface area contributed by atoms with Crippen LogP contribution in [-0.2, 0) is 0 Å². The normalized spacial score (nSPS) is 35.9. The maximum atomic E-state index is 6.90. The molecule has 0 aromatic carbocycles. The van der Waals surface area contributed by atoms with Gasteiger partial charge in [0.15, 0.2) is 7.28 Å². The molecule has 0 amide bonds. The molecule has 2 atom stereocenters. The van der Waals surface area contributed by atoms with Crippen molar-refractivity contribution in [3.8, 4) is 0 Å². The van der Waals surface area contributed by atoms with Gasteiger partial charge in [0, 0.05) is 16.9 Å². The van der Waals surface area contributed by atoms with Gasteiger partial charge < -0.3 is 0 Å². The van der Waals surface area contributed by atoms with E-state index in [1.165, 1.54) is 52.2 Å². The molecule has 0 aromatic rings. The highest BCUT2D eigenvalue weighted by Gasteiger charge is 2.47. The van der Waals surface area contributed by atoms with Gasteiger partial charge in [-0.2, -0.15) is 0 Å². The lowest BCUT2D eigenvalue weighted by molar-refractivity contribution is 0.0631. The number of rotatable bonds is 3. The Kier molecular flexibility index (Phi) is 4.60. The lowest BCUT2D eigenvalue weighted by Crippen LogP contribution is -2.55. The first-order valence-electron chi connectivity index (χ1n) is 7.93. The molecule has 2 rings (SSSR count). The summed E-state index contributed by atoms with van der Waals surface area (Å²) in [5.41, 5.74) is 3.58. The van der Waals surface area contributed by atoms with Gasteiger partial charge in [0.05, 0.1) is 0 Å². The predicted octanol–water partition coefficient (Wildman–Crippen LogP) is 3.51. The largest absolute Gasteiger partial charge is 0.258 e. The zero-order chi connectivity index (χ0) is 14.1. The molecule has 19 heavy (non-hydrogen) atoms. The lowest BCUT2D eigenvalue weighted by Gasteiger charge is -2.47. The molecular formula is C15H30BClN2. The van der Waals surface area contributed by atoms with Crippen molar-refractivity contribution in [2.45, 2.75) is 81.3 Å². The zero-order valence-corrected chi connectivity index (χ0v) is 13.9. The van der Waals surface area contributed by atoms with Gasteiger partial charge in [0.25, 0.3) is 0 Å². The molecule has 0 spiro atoms. The van der Waals surface area contributed by atoms with Crippen molar-refractivity contribution in [2.24, 2.45) is 0 Å². The number of fused-ring (bicyclic) bond motifs is 2. The summed E-state index contributed by atoms with van der Waals surface area (Å²) in [7, 11) is 3.27. The minimum atomic E-state index is 0.103. The van der Waals surface area contributed by atoms with Crippen LogP contribution in [0.15, 0.2) is 0 Å². The van der Waals surface area contributed by atoms with Crippen LogP contribution < -0.4 is 5.43 Å². The fourth-order valence-corrected chi connectivity index (χ4v) is 4.75. The van der Waals surface area contributed by atoms with Crippen molar-refractivity contribution < 1.29 is 0 Å². The molecule has 2 aliphatic heterocycles. The Hall–Kier alpha value is 0.275. The van der Waals surface area contributed by atoms with Crippen molar-refractivity contribution in [3.63, 3.8) is 0 Å². The topological polar surface area (TPSA) is 15.3 Å². The first-order chi connectivity index (χ1) is 8.79. The maximum Gasteiger partial charge on any atom is 0.156 e. The minimum absolute atomic E-state index is 0.103. The number of hydrogen-bond donors (Lipinski definition) is 1. The second kappa shape index (κ2) is 5.58. The minimum Gasteiger partial charge on any atom is -0.258 e. The van der Waals surface area contributed by atoms with Crippen molar-refractivity contribution in [1.29, 1.82) is 0 Å². The molecule has 0 saturated carbocycles. The monoisotopic (exact) mass is 284 g/mol. The molecule has 2 saturated heterocycles. The van der Waals surface area contributed by atoms with E-state index >= 15 is 0 Å². The molecule has 2 heterocycles. The van der Waals surface area contributed by atoms with Gasteiger partial charge in [-0.15, -0.1) is 11.6 Å². The fourth-order valence-electron chi connectivity index (χ4n) is 4.20. The van der Waals surface area contributed by atoms with Crippen molar-refractivity contribution in [1.82, 2.24) is 10.4 Å². The summed E-state index contributed by atoms with van der Waals surface area (Å²) in [6, 6.07) is 0. The Morgan fingerprint density at radius 1 is 1.11 bits per heavy atom. The molecule has 0 radical (unpaired) electrons. The summed E-state index contributed by atoms with van der Waals surface area (Å²) in [6.45, 7) is 8.00. The Bertz CT molecular complexity index is 318. The van der Waals surface area contributed by atoms with Gasteiger partial charge >= 0.3 is 0 Å². The molecule has 0 aromatic heterocycles. The summed E-state index contributed by atoms with van der Waals surface area (Å²) in [5, 5.41) is 2.85. The van der Waals surface area contributed by atoms with E-state index in [9.17, 15) is 0 Å². The molecule has 2 unspecified atom stereocenters. The van der Waals surface area contributed by atoms with E-state index < -0.39 is 0 Å². The van der Waals surface area contributed by atoms with Gasteiger partial charge in [0.2, 0.25) is 0 Å². The maximum absolute atomic E-state index is 6.90. The molecule has 2 fully saturated rings. The smallest absolute Gasteiger partial charge is 0.156 e. The first kappa shape index (κ1) is 15.7. The number of halogens is 1. The molecule has 1 N–H and O–H groups in total. The Balaban J connectivity index is 2.15. The van der Waals surface area contributed by atoms with E-state index in [0.29, 0.717) is 5.31 Å². The van der Waals surface area contributed by atoms with Crippen molar-refractivity contribution in [2.75, 3.05) is 13.6 Å². The number of nitrogens with one attached hydrogen (secondary N) is 1. The van der Waals surface area contributed by atoms with Crippen LogP contribution in [0.3, 0.4) is 0 Å². The summed E-state index contributed by atoms with van der Waals surface area (Å²) in [6.07, 6.45) is 9.16. The highest BCUT2D eigenvalue weighted by atomic mass is 35.5. The Labute approximate surface area is 124 Å². The van der Waals surface area contributed by atoms with Crippen LogP contribution in [0.1, 0.15) is 65.7 Å². The first-order valence-corrected chi connectivity index (χ1v) is 8.31. The van der Waals surface area contributed by atoms with Crippen molar-refractivity contribution >= 4 is 18.9 Å². The van der Waals surface area contributed by atoms with E-state index in [1.807, 2.05) is 0 Å². The Morgan fingerprint density at radius 2 is 1.68 bits per heavy atom. The van der Waals surface area contributed by atoms with Crippen LogP contribution in [0, 0.1) is 0 Å². The van der Waals surface area contributed by atoms with Gasteiger partial charge in [-0.05, 0) is 46.0 Å². The SMILES string of the molecule is CNN(CC12BC(Cl)(CCCC1)CCC2)C(C)(C)C. The molecule has 4 heteroatoms. The highest BCUT2D eigenvalue weighted by molar-refractivity contribution is 6.59. The fraction of sp³-hybridized carbons (Fsp3) is 1.00. The van der Waals surface area contributed by atoms with Crippen LogP contribution in [-0.4, -0.2) is 36.2 Å². The third kappa shape index (κ3) is 3.68. The highest BCUT2D eigenvalue weighted by Crippen LogP contribution is 2.52. The Morgan fingerprint density at radius 3 is 2.32 bits per heavy atom. The summed E-state index contributed by atoms with van der Waals surface area (Å²) >= 11 is 6.90. The second-order valence-corrected chi connectivity index (χ2v) is 8.67. The summed E-state index contributed by atoms with van der Waals surface area (Å²) in [5.74, 6) is 0. The average molecular weight is 285 g/mol. The molecule has 2 aliphatic rings. The molecule has 2 nitrogen and oxygen atoms in total. The third-order valence-electron chi connectivity index (χ3n) is 5.18. The van der Waals surface area contributed by atoms with E-state index in [-0.39, 0.29) is 10.3 Å². The molecule has 110 valence electrons.